The molecular weight excluding hydrogens is 1000 g/mol. The van der Waals surface area contributed by atoms with Gasteiger partial charge in [-0.2, -0.15) is 0 Å². The molecule has 452 valence electrons. The van der Waals surface area contributed by atoms with Crippen LogP contribution in [0.1, 0.15) is 291 Å². The standard InChI is InChI=1S/C76H114N2O4/c1-19-21-23-25-27-29-31-33-35-37-81-71-59-39-55-43-63(73(7,8)9)45-57(67(55)51-69(79)77-53(3)4)41-61-49-66(76(16,17)18)50-62(72(61)82-38-36-34-32-30-28-26-24-22-20-2)42-58-46-64(74(10,11)12)44-56(68(58)52-70(80)78-54(5)6)40-60(71)48-65(47-59)75(13,14)15/h19-20,43-50,53-54H,1-2,21-42,51-52H2,3-18H3,(H,77,79)(H,78,80). The van der Waals surface area contributed by atoms with Crippen LogP contribution in [0.2, 0.25) is 0 Å². The zero-order valence-electron chi connectivity index (χ0n) is 54.9. The van der Waals surface area contributed by atoms with E-state index >= 15 is 0 Å². The average molecular weight is 1120 g/mol. The van der Waals surface area contributed by atoms with Crippen LogP contribution in [-0.4, -0.2) is 37.1 Å². The number of hydrogen-bond donors (Lipinski definition) is 2. The summed E-state index contributed by atoms with van der Waals surface area (Å²) in [6, 6.07) is 19.3. The molecule has 1 aliphatic carbocycles. The van der Waals surface area contributed by atoms with Gasteiger partial charge in [0.05, 0.1) is 26.1 Å². The van der Waals surface area contributed by atoms with E-state index < -0.39 is 0 Å². The van der Waals surface area contributed by atoms with Gasteiger partial charge in [0.2, 0.25) is 11.8 Å². The maximum absolute atomic E-state index is 14.5. The highest BCUT2D eigenvalue weighted by atomic mass is 16.5. The predicted molar refractivity (Wildman–Crippen MR) is 351 cm³/mol. The van der Waals surface area contributed by atoms with Gasteiger partial charge < -0.3 is 20.1 Å². The third kappa shape index (κ3) is 21.2. The molecular formula is C76H114N2O4. The smallest absolute Gasteiger partial charge is 0.224 e. The van der Waals surface area contributed by atoms with Gasteiger partial charge in [0, 0.05) is 37.8 Å². The van der Waals surface area contributed by atoms with Gasteiger partial charge in [0.25, 0.3) is 0 Å². The van der Waals surface area contributed by atoms with Crippen LogP contribution in [0.4, 0.5) is 0 Å². The molecule has 0 saturated heterocycles. The molecule has 4 aromatic rings. The lowest BCUT2D eigenvalue weighted by Crippen LogP contribution is -2.32. The summed E-state index contributed by atoms with van der Waals surface area (Å²) in [4.78, 5) is 28.9. The highest BCUT2D eigenvalue weighted by Crippen LogP contribution is 2.42. The van der Waals surface area contributed by atoms with Crippen molar-refractivity contribution in [1.82, 2.24) is 10.6 Å². The van der Waals surface area contributed by atoms with E-state index in [4.69, 9.17) is 9.47 Å². The second-order valence-corrected chi connectivity index (χ2v) is 29.1. The minimum absolute atomic E-state index is 0.00242. The predicted octanol–water partition coefficient (Wildman–Crippen LogP) is 19.1. The highest BCUT2D eigenvalue weighted by molar-refractivity contribution is 5.81. The van der Waals surface area contributed by atoms with E-state index in [-0.39, 0.29) is 58.4 Å². The van der Waals surface area contributed by atoms with Crippen molar-refractivity contribution in [3.05, 3.63) is 152 Å². The van der Waals surface area contributed by atoms with Gasteiger partial charge in [0.15, 0.2) is 0 Å². The van der Waals surface area contributed by atoms with E-state index in [9.17, 15) is 9.59 Å². The molecule has 1 aliphatic rings. The number of amides is 2. The summed E-state index contributed by atoms with van der Waals surface area (Å²) in [7, 11) is 0. The Morgan fingerprint density at radius 2 is 0.634 bits per heavy atom. The van der Waals surface area contributed by atoms with Gasteiger partial charge in [-0.15, -0.1) is 13.2 Å². The molecule has 0 spiro atoms. The Morgan fingerprint density at radius 1 is 0.402 bits per heavy atom. The number of rotatable bonds is 28. The van der Waals surface area contributed by atoms with Crippen LogP contribution in [-0.2, 0) is 69.8 Å². The second-order valence-electron chi connectivity index (χ2n) is 29.1. The lowest BCUT2D eigenvalue weighted by molar-refractivity contribution is -0.121. The van der Waals surface area contributed by atoms with E-state index in [1.165, 1.54) is 86.5 Å². The van der Waals surface area contributed by atoms with Crippen LogP contribution in [0, 0.1) is 0 Å². The molecule has 2 N–H and O–H groups in total. The summed E-state index contributed by atoms with van der Waals surface area (Å²) in [5.41, 5.74) is 15.7. The number of ether oxygens (including phenoxy) is 2. The maximum atomic E-state index is 14.5. The molecule has 5 rings (SSSR count). The molecule has 0 unspecified atom stereocenters. The molecule has 6 heteroatoms. The molecule has 0 radical (unpaired) electrons. The minimum Gasteiger partial charge on any atom is -0.493 e. The van der Waals surface area contributed by atoms with Gasteiger partial charge in [-0.3, -0.25) is 9.59 Å². The molecule has 0 fully saturated rings. The Morgan fingerprint density at radius 3 is 0.866 bits per heavy atom. The summed E-state index contributed by atoms with van der Waals surface area (Å²) in [5.74, 6) is 1.93. The number of unbranched alkanes of at least 4 members (excludes halogenated alkanes) is 14. The Labute approximate surface area is 501 Å². The zero-order valence-corrected chi connectivity index (χ0v) is 54.9. The van der Waals surface area contributed by atoms with E-state index in [1.54, 1.807) is 0 Å². The van der Waals surface area contributed by atoms with Crippen molar-refractivity contribution < 1.29 is 19.1 Å². The molecule has 2 amide bonds. The topological polar surface area (TPSA) is 76.7 Å². The first-order valence-corrected chi connectivity index (χ1v) is 32.3. The number of benzene rings is 4. The number of carbonyl (C=O) groups is 2. The fraction of sp³-hybridized carbons (Fsp3) is 0.605. The third-order valence-electron chi connectivity index (χ3n) is 16.5. The van der Waals surface area contributed by atoms with Crippen molar-refractivity contribution >= 4 is 11.8 Å². The van der Waals surface area contributed by atoms with Gasteiger partial charge in [-0.05, 0) is 166 Å². The Kier molecular flexibility index (Phi) is 25.7. The van der Waals surface area contributed by atoms with Crippen LogP contribution in [0.5, 0.6) is 11.5 Å². The van der Waals surface area contributed by atoms with E-state index in [1.807, 2.05) is 12.2 Å². The number of allylic oxidation sites excluding steroid dienone is 2. The molecule has 4 aromatic carbocycles. The van der Waals surface area contributed by atoms with Gasteiger partial charge >= 0.3 is 0 Å². The summed E-state index contributed by atoms with van der Waals surface area (Å²) in [5, 5.41) is 6.59. The fourth-order valence-electron chi connectivity index (χ4n) is 11.6. The van der Waals surface area contributed by atoms with Crippen LogP contribution < -0.4 is 20.1 Å². The molecule has 0 atom stereocenters. The van der Waals surface area contributed by atoms with Gasteiger partial charge in [0.1, 0.15) is 11.5 Å². The number of fused-ring (bicyclic) bond motifs is 8. The molecule has 0 aliphatic heterocycles. The Bertz CT molecular complexity index is 2440. The van der Waals surface area contributed by atoms with Crippen molar-refractivity contribution in [1.29, 1.82) is 0 Å². The van der Waals surface area contributed by atoms with Crippen molar-refractivity contribution in [2.75, 3.05) is 13.2 Å². The fourth-order valence-corrected chi connectivity index (χ4v) is 11.6. The van der Waals surface area contributed by atoms with Crippen LogP contribution >= 0.6 is 0 Å². The lowest BCUT2D eigenvalue weighted by Gasteiger charge is -2.29. The summed E-state index contributed by atoms with van der Waals surface area (Å²) < 4.78 is 14.6. The quantitative estimate of drug-likeness (QED) is 0.0386. The monoisotopic (exact) mass is 1120 g/mol. The molecule has 0 heterocycles. The van der Waals surface area contributed by atoms with Crippen LogP contribution in [0.3, 0.4) is 0 Å². The lowest BCUT2D eigenvalue weighted by atomic mass is 9.77. The normalized spacial score (nSPS) is 13.1. The van der Waals surface area contributed by atoms with E-state index in [2.05, 4.69) is 183 Å². The number of carbonyl (C=O) groups excluding carboxylic acids is 2. The van der Waals surface area contributed by atoms with Gasteiger partial charge in [-0.1, -0.05) is 208 Å². The third-order valence-corrected chi connectivity index (χ3v) is 16.5. The number of nitrogens with one attached hydrogen (secondary N) is 2. The van der Waals surface area contributed by atoms with Gasteiger partial charge in [-0.25, -0.2) is 0 Å². The van der Waals surface area contributed by atoms with Crippen LogP contribution in [0.25, 0.3) is 0 Å². The first-order chi connectivity index (χ1) is 38.6. The van der Waals surface area contributed by atoms with Crippen molar-refractivity contribution in [2.45, 2.75) is 286 Å². The number of hydrogen-bond acceptors (Lipinski definition) is 4. The first kappa shape index (κ1) is 67.7. The molecule has 0 aromatic heterocycles. The Hall–Kier alpha value is -5.10. The first-order valence-electron chi connectivity index (χ1n) is 32.3. The molecule has 82 heavy (non-hydrogen) atoms. The summed E-state index contributed by atoms with van der Waals surface area (Å²) >= 11 is 0. The largest absolute Gasteiger partial charge is 0.493 e. The highest BCUT2D eigenvalue weighted by Gasteiger charge is 2.30. The average Bonchev–Trinajstić information content (AvgIpc) is 3.39. The van der Waals surface area contributed by atoms with Crippen molar-refractivity contribution in [3.8, 4) is 11.5 Å². The minimum atomic E-state index is -0.180. The van der Waals surface area contributed by atoms with E-state index in [0.29, 0.717) is 38.9 Å². The molecule has 6 nitrogen and oxygen atoms in total. The summed E-state index contributed by atoms with van der Waals surface area (Å²) in [6.07, 6.45) is 25.6. The molecule has 0 saturated carbocycles. The second kappa shape index (κ2) is 31.2. The van der Waals surface area contributed by atoms with Crippen LogP contribution in [0.15, 0.2) is 73.8 Å². The SMILES string of the molecule is C=CCCCCCCCCCOc1c2cc(C(C)(C)C)cc1Cc1cc(C(C)(C)C)cc(c1CC(=O)NC(C)C)Cc1cc(C(C)(C)C)cc(c1OCCCCCCCCCC=C)Cc1cc(C(C)(C)C)cc(c1CC(=O)NC(C)C)C2. The Balaban J connectivity index is 1.88. The molecule has 8 bridgehead atoms. The summed E-state index contributed by atoms with van der Waals surface area (Å²) in [6.45, 7) is 45.0. The van der Waals surface area contributed by atoms with Crippen molar-refractivity contribution in [3.63, 3.8) is 0 Å². The van der Waals surface area contributed by atoms with E-state index in [0.717, 1.165) is 106 Å². The zero-order chi connectivity index (χ0) is 60.4. The maximum Gasteiger partial charge on any atom is 0.224 e. The van der Waals surface area contributed by atoms with Crippen molar-refractivity contribution in [2.24, 2.45) is 0 Å².